The number of hydrogen-bond donors (Lipinski definition) is 0. The van der Waals surface area contributed by atoms with Crippen LogP contribution in [0.5, 0.6) is 0 Å². The Hall–Kier alpha value is 0.845. The van der Waals surface area contributed by atoms with Gasteiger partial charge in [0, 0.05) is 9.52 Å². The summed E-state index contributed by atoms with van der Waals surface area (Å²) in [7, 11) is 0.508. The van der Waals surface area contributed by atoms with Gasteiger partial charge in [0.25, 0.3) is 0 Å². The van der Waals surface area contributed by atoms with Crippen LogP contribution in [0.3, 0.4) is 0 Å². The van der Waals surface area contributed by atoms with E-state index in [0.717, 1.165) is 0 Å². The van der Waals surface area contributed by atoms with Gasteiger partial charge in [-0.15, -0.1) is 0 Å². The van der Waals surface area contributed by atoms with Crippen LogP contribution in [0.4, 0.5) is 0 Å². The number of rotatable bonds is 0. The third-order valence-electron chi connectivity index (χ3n) is 1.50. The summed E-state index contributed by atoms with van der Waals surface area (Å²) in [4.78, 5) is 0. The fraction of sp³-hybridized carbons (Fsp3) is 1.00. The van der Waals surface area contributed by atoms with Crippen LogP contribution in [0, 0.1) is 0 Å². The van der Waals surface area contributed by atoms with Crippen molar-refractivity contribution >= 4 is 9.52 Å². The second kappa shape index (κ2) is 17.8. The first kappa shape index (κ1) is 15.3. The Bertz CT molecular complexity index is 124. The molecule has 0 aliphatic carbocycles. The van der Waals surface area contributed by atoms with Crippen molar-refractivity contribution < 1.29 is 51.5 Å². The fourth-order valence-corrected chi connectivity index (χ4v) is 2.83. The van der Waals surface area contributed by atoms with Crippen molar-refractivity contribution in [1.82, 2.24) is 0 Å². The summed E-state index contributed by atoms with van der Waals surface area (Å²) in [6.45, 7) is 0. The third-order valence-corrected chi connectivity index (χ3v) is 3.50. The second-order valence-electron chi connectivity index (χ2n) is 2.29. The van der Waals surface area contributed by atoms with E-state index in [0.29, 0.717) is 9.52 Å². The van der Waals surface area contributed by atoms with Gasteiger partial charge in [-0.3, -0.25) is 0 Å². The molecular weight excluding hydrogens is 248 g/mol. The Labute approximate surface area is 91.8 Å². The van der Waals surface area contributed by atoms with Crippen LogP contribution in [0.2, 0.25) is 12.1 Å². The molecule has 4 nitrogen and oxygen atoms in total. The maximum absolute atomic E-state index is 8.50. The fourth-order valence-electron chi connectivity index (χ4n) is 1.06. The van der Waals surface area contributed by atoms with Crippen molar-refractivity contribution in [3.8, 4) is 0 Å². The average Bonchev–Trinajstić information content (AvgIpc) is 2.10. The molecule has 1 fully saturated rings. The summed E-state index contributed by atoms with van der Waals surface area (Å²) >= 11 is -4.00. The molecule has 0 unspecified atom stereocenters. The average molecular weight is 260 g/mol. The molecule has 68 valence electrons. The van der Waals surface area contributed by atoms with Crippen LogP contribution in [0.1, 0.15) is 19.3 Å². The minimum absolute atomic E-state index is 0.508. The van der Waals surface area contributed by atoms with Crippen LogP contribution in [0.15, 0.2) is 0 Å². The molecule has 0 aromatic carbocycles. The van der Waals surface area contributed by atoms with Gasteiger partial charge in [0.1, 0.15) is 0 Å². The predicted molar refractivity (Wildman–Crippen MR) is 34.8 cm³/mol. The van der Waals surface area contributed by atoms with Gasteiger partial charge in [0.2, 0.25) is 0 Å². The van der Waals surface area contributed by atoms with E-state index in [9.17, 15) is 0 Å². The van der Waals surface area contributed by atoms with E-state index in [4.69, 9.17) is 13.3 Å². The molecule has 1 aliphatic rings. The van der Waals surface area contributed by atoms with Gasteiger partial charge in [-0.2, -0.15) is 0 Å². The third kappa shape index (κ3) is 22.4. The van der Waals surface area contributed by atoms with Crippen molar-refractivity contribution in [1.29, 1.82) is 0 Å². The summed E-state index contributed by atoms with van der Waals surface area (Å²) in [6, 6.07) is 3.28. The van der Waals surface area contributed by atoms with E-state index in [1.165, 1.54) is 6.42 Å². The van der Waals surface area contributed by atoms with Gasteiger partial charge in [0.15, 0.2) is 0 Å². The molecule has 1 rings (SSSR count). The molecule has 0 bridgehead atoms. The van der Waals surface area contributed by atoms with E-state index in [1.807, 2.05) is 0 Å². The molecule has 0 aromatic heterocycles. The zero-order chi connectivity index (χ0) is 9.66. The van der Waals surface area contributed by atoms with Gasteiger partial charge in [-0.05, 0) is 0 Å². The summed E-state index contributed by atoms with van der Waals surface area (Å²) < 4.78 is 34.0. The molecule has 0 radical (unpaired) electrons. The van der Waals surface area contributed by atoms with Gasteiger partial charge < -0.3 is 0 Å². The minimum atomic E-state index is -2.00. The Kier molecular flexibility index (Phi) is 22.7. The SMILES string of the molecule is C1CC[SiH2]CC1.[O]=[Ti]=[O].[O]=[Ti]=[O]. The molecular formula is C5H12O4SiTi2. The number of hydrogen-bond acceptors (Lipinski definition) is 4. The first-order valence-corrected chi connectivity index (χ1v) is 8.37. The molecule has 0 N–H and O–H groups in total. The zero-order valence-corrected chi connectivity index (χ0v) is 11.4. The van der Waals surface area contributed by atoms with Crippen molar-refractivity contribution in [3.05, 3.63) is 0 Å². The van der Waals surface area contributed by atoms with Crippen LogP contribution in [-0.4, -0.2) is 9.52 Å². The summed E-state index contributed by atoms with van der Waals surface area (Å²) in [5, 5.41) is 0. The zero-order valence-electron chi connectivity index (χ0n) is 6.88. The predicted octanol–water partition coefficient (Wildman–Crippen LogP) is 0.695. The van der Waals surface area contributed by atoms with Crippen LogP contribution < -0.4 is 0 Å². The van der Waals surface area contributed by atoms with E-state index in [1.54, 1.807) is 24.9 Å². The van der Waals surface area contributed by atoms with Crippen molar-refractivity contribution in [2.45, 2.75) is 31.4 Å². The summed E-state index contributed by atoms with van der Waals surface area (Å²) in [5.41, 5.74) is 0. The van der Waals surface area contributed by atoms with Crippen LogP contribution in [-0.2, 0) is 51.5 Å². The van der Waals surface area contributed by atoms with Crippen molar-refractivity contribution in [3.63, 3.8) is 0 Å². The van der Waals surface area contributed by atoms with Crippen molar-refractivity contribution in [2.75, 3.05) is 0 Å². The Balaban J connectivity index is 0. The molecule has 1 heterocycles. The van der Waals surface area contributed by atoms with E-state index in [2.05, 4.69) is 0 Å². The molecule has 1 aliphatic heterocycles. The van der Waals surface area contributed by atoms with Crippen LogP contribution >= 0.6 is 0 Å². The summed E-state index contributed by atoms with van der Waals surface area (Å²) in [6.07, 6.45) is 4.66. The van der Waals surface area contributed by atoms with Crippen LogP contribution in [0.25, 0.3) is 0 Å². The van der Waals surface area contributed by atoms with Gasteiger partial charge in [-0.1, -0.05) is 31.4 Å². The summed E-state index contributed by atoms with van der Waals surface area (Å²) in [5.74, 6) is 0. The Morgan fingerprint density at radius 1 is 0.750 bits per heavy atom. The molecule has 0 saturated carbocycles. The molecule has 0 amide bonds. The molecule has 0 spiro atoms. The topological polar surface area (TPSA) is 68.3 Å². The maximum atomic E-state index is 8.50. The second-order valence-corrected chi connectivity index (χ2v) is 4.93. The Morgan fingerprint density at radius 3 is 1.17 bits per heavy atom. The monoisotopic (exact) mass is 260 g/mol. The molecule has 1 saturated heterocycles. The normalized spacial score (nSPS) is 13.3. The molecule has 0 atom stereocenters. The van der Waals surface area contributed by atoms with Gasteiger partial charge in [-0.25, -0.2) is 0 Å². The first-order valence-electron chi connectivity index (χ1n) is 3.82. The molecule has 7 heteroatoms. The first-order chi connectivity index (χ1) is 5.83. The van der Waals surface area contributed by atoms with E-state index in [-0.39, 0.29) is 0 Å². The standard InChI is InChI=1S/C5H12Si.4O.2Ti/c1-2-4-6-5-3-1;;;;;;/h1-6H2;;;;;;. The molecule has 0 aromatic rings. The van der Waals surface area contributed by atoms with Gasteiger partial charge >= 0.3 is 51.5 Å². The van der Waals surface area contributed by atoms with E-state index < -0.39 is 38.2 Å². The molecule has 12 heavy (non-hydrogen) atoms. The van der Waals surface area contributed by atoms with Gasteiger partial charge in [0.05, 0.1) is 0 Å². The van der Waals surface area contributed by atoms with Crippen molar-refractivity contribution in [2.24, 2.45) is 0 Å². The van der Waals surface area contributed by atoms with E-state index >= 15 is 0 Å². The Morgan fingerprint density at radius 2 is 1.08 bits per heavy atom. The quantitative estimate of drug-likeness (QED) is 0.601.